The van der Waals surface area contributed by atoms with E-state index < -0.39 is 0 Å². The second kappa shape index (κ2) is 11.2. The van der Waals surface area contributed by atoms with Crippen molar-refractivity contribution < 1.29 is 14.3 Å². The number of rotatable bonds is 8. The molecule has 5 rings (SSSR count). The summed E-state index contributed by atoms with van der Waals surface area (Å²) in [7, 11) is 3.37. The van der Waals surface area contributed by atoms with E-state index in [1.807, 2.05) is 18.2 Å². The quantitative estimate of drug-likeness (QED) is 0.470. The Labute approximate surface area is 219 Å². The number of nitrogens with one attached hydrogen (secondary N) is 2. The summed E-state index contributed by atoms with van der Waals surface area (Å²) >= 11 is 0. The predicted octanol–water partition coefficient (Wildman–Crippen LogP) is 4.66. The molecule has 2 heterocycles. The Bertz CT molecular complexity index is 1190. The molecule has 2 N–H and O–H groups in total. The molecule has 3 atom stereocenters. The molecule has 7 heteroatoms. The highest BCUT2D eigenvalue weighted by molar-refractivity contribution is 5.74. The molecule has 1 aliphatic carbocycles. The van der Waals surface area contributed by atoms with Gasteiger partial charge in [-0.05, 0) is 73.2 Å². The number of fused-ring (bicyclic) bond motifs is 1. The molecule has 2 aromatic carbocycles. The van der Waals surface area contributed by atoms with Gasteiger partial charge in [0.05, 0.1) is 14.2 Å². The fourth-order valence-corrected chi connectivity index (χ4v) is 6.19. The number of nitrogens with zero attached hydrogens (tertiary/aromatic N) is 2. The number of hydrogen-bond acceptors (Lipinski definition) is 5. The van der Waals surface area contributed by atoms with Gasteiger partial charge in [-0.3, -0.25) is 9.88 Å². The minimum Gasteiger partial charge on any atom is -0.493 e. The number of ether oxygens (including phenoxy) is 2. The minimum atomic E-state index is -0.118. The van der Waals surface area contributed by atoms with Crippen LogP contribution in [0.25, 0.3) is 0 Å². The van der Waals surface area contributed by atoms with Crippen LogP contribution in [0.4, 0.5) is 4.79 Å². The number of carbonyl (C=O) groups excluding carboxylic acids is 1. The number of aromatic nitrogens is 1. The molecule has 194 valence electrons. The van der Waals surface area contributed by atoms with Crippen LogP contribution in [-0.4, -0.2) is 48.8 Å². The monoisotopic (exact) mass is 500 g/mol. The average molecular weight is 501 g/mol. The van der Waals surface area contributed by atoms with E-state index in [0.717, 1.165) is 55.8 Å². The van der Waals surface area contributed by atoms with Crippen molar-refractivity contribution in [2.24, 2.45) is 0 Å². The van der Waals surface area contributed by atoms with Crippen LogP contribution in [0.2, 0.25) is 0 Å². The van der Waals surface area contributed by atoms with Crippen LogP contribution in [0.5, 0.6) is 11.5 Å². The van der Waals surface area contributed by atoms with Crippen molar-refractivity contribution in [1.82, 2.24) is 20.5 Å². The smallest absolute Gasteiger partial charge is 0.315 e. The highest BCUT2D eigenvalue weighted by Crippen LogP contribution is 2.50. The summed E-state index contributed by atoms with van der Waals surface area (Å²) < 4.78 is 11.2. The fourth-order valence-electron chi connectivity index (χ4n) is 6.19. The number of pyridine rings is 1. The van der Waals surface area contributed by atoms with Crippen molar-refractivity contribution in [3.8, 4) is 11.5 Å². The van der Waals surface area contributed by atoms with E-state index in [2.05, 4.69) is 63.0 Å². The van der Waals surface area contributed by atoms with Crippen LogP contribution in [0.15, 0.2) is 73.1 Å². The Morgan fingerprint density at radius 1 is 1.00 bits per heavy atom. The Morgan fingerprint density at radius 3 is 2.54 bits per heavy atom. The van der Waals surface area contributed by atoms with Gasteiger partial charge in [-0.15, -0.1) is 0 Å². The van der Waals surface area contributed by atoms with Gasteiger partial charge in [0.25, 0.3) is 0 Å². The maximum absolute atomic E-state index is 12.8. The summed E-state index contributed by atoms with van der Waals surface area (Å²) in [6, 6.07) is 21.2. The van der Waals surface area contributed by atoms with E-state index in [-0.39, 0.29) is 17.5 Å². The number of benzene rings is 2. The number of carbonyl (C=O) groups is 1. The molecule has 1 aromatic heterocycles. The van der Waals surface area contributed by atoms with Crippen molar-refractivity contribution in [2.45, 2.75) is 56.3 Å². The first-order chi connectivity index (χ1) is 18.1. The molecule has 37 heavy (non-hydrogen) atoms. The van der Waals surface area contributed by atoms with Gasteiger partial charge in [0, 0.05) is 43.0 Å². The van der Waals surface area contributed by atoms with Gasteiger partial charge in [-0.2, -0.15) is 0 Å². The number of amides is 2. The fraction of sp³-hybridized carbons (Fsp3) is 0.400. The molecule has 7 nitrogen and oxygen atoms in total. The van der Waals surface area contributed by atoms with Gasteiger partial charge < -0.3 is 20.1 Å². The van der Waals surface area contributed by atoms with Crippen molar-refractivity contribution in [3.63, 3.8) is 0 Å². The number of hydrogen-bond donors (Lipinski definition) is 2. The third-order valence-electron chi connectivity index (χ3n) is 8.10. The third kappa shape index (κ3) is 5.42. The highest BCUT2D eigenvalue weighted by atomic mass is 16.5. The number of methoxy groups -OCH3 is 2. The maximum Gasteiger partial charge on any atom is 0.315 e. The van der Waals surface area contributed by atoms with Crippen molar-refractivity contribution in [3.05, 3.63) is 89.7 Å². The summed E-state index contributed by atoms with van der Waals surface area (Å²) in [4.78, 5) is 19.4. The normalized spacial score (nSPS) is 23.2. The molecular formula is C30H36N4O3. The minimum absolute atomic E-state index is 0.0139. The molecule has 1 saturated heterocycles. The summed E-state index contributed by atoms with van der Waals surface area (Å²) in [5.74, 6) is 1.52. The topological polar surface area (TPSA) is 75.7 Å². The Kier molecular flexibility index (Phi) is 7.60. The van der Waals surface area contributed by atoms with Crippen LogP contribution in [0, 0.1) is 0 Å². The second-order valence-corrected chi connectivity index (χ2v) is 10.1. The van der Waals surface area contributed by atoms with Crippen molar-refractivity contribution in [1.29, 1.82) is 0 Å². The van der Waals surface area contributed by atoms with E-state index in [0.29, 0.717) is 12.6 Å². The van der Waals surface area contributed by atoms with E-state index in [4.69, 9.17) is 9.47 Å². The summed E-state index contributed by atoms with van der Waals surface area (Å²) in [6.45, 7) is 2.41. The van der Waals surface area contributed by atoms with Crippen molar-refractivity contribution >= 4 is 6.03 Å². The molecule has 3 unspecified atom stereocenters. The Morgan fingerprint density at radius 2 is 1.78 bits per heavy atom. The third-order valence-corrected chi connectivity index (χ3v) is 8.10. The average Bonchev–Trinajstić information content (AvgIpc) is 3.31. The van der Waals surface area contributed by atoms with E-state index in [1.54, 1.807) is 26.6 Å². The predicted molar refractivity (Wildman–Crippen MR) is 144 cm³/mol. The molecular weight excluding hydrogens is 464 g/mol. The lowest BCUT2D eigenvalue weighted by atomic mass is 9.65. The molecule has 0 radical (unpaired) electrons. The highest BCUT2D eigenvalue weighted by Gasteiger charge is 2.51. The van der Waals surface area contributed by atoms with Gasteiger partial charge in [0.2, 0.25) is 0 Å². The lowest BCUT2D eigenvalue weighted by Crippen LogP contribution is -2.53. The van der Waals surface area contributed by atoms with Gasteiger partial charge in [0.15, 0.2) is 11.5 Å². The Hall–Kier alpha value is -3.58. The summed E-state index contributed by atoms with van der Waals surface area (Å²) in [5, 5.41) is 6.26. The summed E-state index contributed by atoms with van der Waals surface area (Å²) in [6.07, 6.45) is 7.42. The van der Waals surface area contributed by atoms with Crippen LogP contribution in [-0.2, 0) is 18.5 Å². The van der Waals surface area contributed by atoms with Gasteiger partial charge in [-0.1, -0.05) is 36.4 Å². The SMILES string of the molecule is COc1ccc(C23CCC(NC(=O)NCc4ccncc4)CC2N(Cc2ccccc2)CC3)cc1OC. The zero-order chi connectivity index (χ0) is 25.7. The van der Waals surface area contributed by atoms with Crippen LogP contribution < -0.4 is 20.1 Å². The first kappa shape index (κ1) is 25.1. The Balaban J connectivity index is 1.35. The molecule has 1 saturated carbocycles. The molecule has 3 aromatic rings. The lowest BCUT2D eigenvalue weighted by Gasteiger charge is -2.45. The lowest BCUT2D eigenvalue weighted by molar-refractivity contribution is 0.130. The molecule has 0 bridgehead atoms. The number of likely N-dealkylation sites (tertiary alicyclic amines) is 1. The standard InChI is InChI=1S/C30H36N4O3/c1-36-26-9-8-24(18-27(26)37-2)30-13-10-25(33-29(35)32-20-22-11-15-31-16-12-22)19-28(30)34(17-14-30)21-23-6-4-3-5-7-23/h3-9,11-12,15-16,18,25,28H,10,13-14,17,19-21H2,1-2H3,(H2,32,33,35). The van der Waals surface area contributed by atoms with Crippen molar-refractivity contribution in [2.75, 3.05) is 20.8 Å². The van der Waals surface area contributed by atoms with E-state index >= 15 is 0 Å². The zero-order valence-electron chi connectivity index (χ0n) is 21.7. The van der Waals surface area contributed by atoms with Gasteiger partial charge >= 0.3 is 6.03 Å². The first-order valence-corrected chi connectivity index (χ1v) is 13.0. The van der Waals surface area contributed by atoms with Gasteiger partial charge in [-0.25, -0.2) is 4.79 Å². The van der Waals surface area contributed by atoms with Gasteiger partial charge in [0.1, 0.15) is 0 Å². The zero-order valence-corrected chi connectivity index (χ0v) is 21.7. The molecule has 2 amide bonds. The number of urea groups is 1. The summed E-state index contributed by atoms with van der Waals surface area (Å²) in [5.41, 5.74) is 3.66. The molecule has 0 spiro atoms. The maximum atomic E-state index is 12.8. The molecule has 2 fully saturated rings. The van der Waals surface area contributed by atoms with E-state index in [9.17, 15) is 4.79 Å². The largest absolute Gasteiger partial charge is 0.493 e. The van der Waals surface area contributed by atoms with Crippen LogP contribution in [0.1, 0.15) is 42.4 Å². The molecule has 2 aliphatic rings. The second-order valence-electron chi connectivity index (χ2n) is 10.1. The first-order valence-electron chi connectivity index (χ1n) is 13.0. The van der Waals surface area contributed by atoms with Crippen LogP contribution in [0.3, 0.4) is 0 Å². The molecule has 1 aliphatic heterocycles. The van der Waals surface area contributed by atoms with E-state index in [1.165, 1.54) is 11.1 Å². The van der Waals surface area contributed by atoms with Crippen LogP contribution >= 0.6 is 0 Å².